The van der Waals surface area contributed by atoms with Crippen LogP contribution in [-0.4, -0.2) is 44.1 Å². The largest absolute Gasteiger partial charge is 0.495 e. The molecule has 5 heteroatoms. The molecule has 19 heavy (non-hydrogen) atoms. The molecule has 1 aromatic carbocycles. The molecule has 0 bridgehead atoms. The van der Waals surface area contributed by atoms with E-state index in [1.165, 1.54) is 0 Å². The van der Waals surface area contributed by atoms with Crippen molar-refractivity contribution in [3.05, 3.63) is 23.8 Å². The van der Waals surface area contributed by atoms with E-state index in [-0.39, 0.29) is 0 Å². The van der Waals surface area contributed by atoms with Crippen LogP contribution < -0.4 is 15.8 Å². The third-order valence-corrected chi connectivity index (χ3v) is 3.56. The number of methoxy groups -OCH3 is 1. The number of anilines is 1. The Morgan fingerprint density at radius 1 is 1.42 bits per heavy atom. The molecule has 1 aliphatic heterocycles. The van der Waals surface area contributed by atoms with Gasteiger partial charge in [-0.25, -0.2) is 0 Å². The Bertz CT molecular complexity index is 454. The van der Waals surface area contributed by atoms with Crippen LogP contribution in [0.4, 0.5) is 5.69 Å². The second-order valence-electron chi connectivity index (χ2n) is 5.00. The molecule has 1 fully saturated rings. The lowest BCUT2D eigenvalue weighted by molar-refractivity contribution is 0.100. The Labute approximate surface area is 113 Å². The highest BCUT2D eigenvalue weighted by molar-refractivity contribution is 5.94. The van der Waals surface area contributed by atoms with Crippen molar-refractivity contribution in [2.45, 2.75) is 18.9 Å². The van der Waals surface area contributed by atoms with Crippen LogP contribution in [0.15, 0.2) is 18.2 Å². The van der Waals surface area contributed by atoms with Gasteiger partial charge in [-0.1, -0.05) is 0 Å². The second-order valence-corrected chi connectivity index (χ2v) is 5.00. The molecule has 0 aromatic heterocycles. The van der Waals surface area contributed by atoms with Crippen LogP contribution in [0.3, 0.4) is 0 Å². The molecule has 0 atom stereocenters. The van der Waals surface area contributed by atoms with E-state index in [9.17, 15) is 4.79 Å². The smallest absolute Gasteiger partial charge is 0.248 e. The molecule has 1 heterocycles. The Kier molecular flexibility index (Phi) is 4.27. The number of piperidine rings is 1. The fourth-order valence-electron chi connectivity index (χ4n) is 2.35. The van der Waals surface area contributed by atoms with Gasteiger partial charge in [0.2, 0.25) is 5.91 Å². The quantitative estimate of drug-likeness (QED) is 0.859. The van der Waals surface area contributed by atoms with Crippen LogP contribution in [0.2, 0.25) is 0 Å². The first-order valence-corrected chi connectivity index (χ1v) is 6.53. The SMILES string of the molecule is COc1ccc(C(N)=O)cc1NC1CCN(C)CC1. The number of nitrogens with one attached hydrogen (secondary N) is 1. The Morgan fingerprint density at radius 3 is 2.68 bits per heavy atom. The van der Waals surface area contributed by atoms with Crippen molar-refractivity contribution in [1.82, 2.24) is 4.90 Å². The lowest BCUT2D eigenvalue weighted by Crippen LogP contribution is -2.36. The molecule has 0 spiro atoms. The number of nitrogens with two attached hydrogens (primary N) is 1. The maximum atomic E-state index is 11.2. The Balaban J connectivity index is 2.13. The minimum absolute atomic E-state index is 0.410. The average Bonchev–Trinajstić information content (AvgIpc) is 2.41. The van der Waals surface area contributed by atoms with Crippen molar-refractivity contribution in [2.75, 3.05) is 32.6 Å². The number of hydrogen-bond donors (Lipinski definition) is 2. The summed E-state index contributed by atoms with van der Waals surface area (Å²) in [6.07, 6.45) is 2.17. The zero-order valence-electron chi connectivity index (χ0n) is 11.5. The number of benzene rings is 1. The molecule has 1 saturated heterocycles. The maximum Gasteiger partial charge on any atom is 0.248 e. The van der Waals surface area contributed by atoms with Gasteiger partial charge in [0.05, 0.1) is 12.8 Å². The van der Waals surface area contributed by atoms with Crippen LogP contribution in [0.1, 0.15) is 23.2 Å². The maximum absolute atomic E-state index is 11.2. The molecule has 1 aliphatic rings. The fourth-order valence-corrected chi connectivity index (χ4v) is 2.35. The van der Waals surface area contributed by atoms with Gasteiger partial charge in [0.1, 0.15) is 5.75 Å². The predicted octanol–water partition coefficient (Wildman–Crippen LogP) is 1.30. The molecular weight excluding hydrogens is 242 g/mol. The molecule has 0 radical (unpaired) electrons. The first-order chi connectivity index (χ1) is 9.10. The summed E-state index contributed by atoms with van der Waals surface area (Å²) in [5.41, 5.74) is 6.65. The van der Waals surface area contributed by atoms with E-state index in [1.54, 1.807) is 25.3 Å². The van der Waals surface area contributed by atoms with Gasteiger partial charge in [-0.05, 0) is 51.2 Å². The van der Waals surface area contributed by atoms with E-state index >= 15 is 0 Å². The van der Waals surface area contributed by atoms with Crippen molar-refractivity contribution in [3.63, 3.8) is 0 Å². The van der Waals surface area contributed by atoms with Gasteiger partial charge < -0.3 is 20.7 Å². The number of hydrogen-bond acceptors (Lipinski definition) is 4. The van der Waals surface area contributed by atoms with Crippen molar-refractivity contribution < 1.29 is 9.53 Å². The number of amides is 1. The standard InChI is InChI=1S/C14H21N3O2/c1-17-7-5-11(6-8-17)16-12-9-10(14(15)18)3-4-13(12)19-2/h3-4,9,11,16H,5-8H2,1-2H3,(H2,15,18). The lowest BCUT2D eigenvalue weighted by Gasteiger charge is -2.30. The van der Waals surface area contributed by atoms with Crippen molar-refractivity contribution >= 4 is 11.6 Å². The zero-order valence-corrected chi connectivity index (χ0v) is 11.5. The van der Waals surface area contributed by atoms with Gasteiger partial charge in [0.25, 0.3) is 0 Å². The number of rotatable bonds is 4. The van der Waals surface area contributed by atoms with Gasteiger partial charge in [-0.15, -0.1) is 0 Å². The summed E-state index contributed by atoms with van der Waals surface area (Å²) >= 11 is 0. The van der Waals surface area contributed by atoms with Crippen LogP contribution in [0.5, 0.6) is 5.75 Å². The molecule has 0 saturated carbocycles. The number of carbonyl (C=O) groups excluding carboxylic acids is 1. The lowest BCUT2D eigenvalue weighted by atomic mass is 10.0. The molecule has 2 rings (SSSR count). The van der Waals surface area contributed by atoms with Crippen LogP contribution in [0, 0.1) is 0 Å². The molecule has 104 valence electrons. The Morgan fingerprint density at radius 2 is 2.11 bits per heavy atom. The van der Waals surface area contributed by atoms with Gasteiger partial charge in [-0.3, -0.25) is 4.79 Å². The van der Waals surface area contributed by atoms with Crippen molar-refractivity contribution in [2.24, 2.45) is 5.73 Å². The molecule has 3 N–H and O–H groups in total. The highest BCUT2D eigenvalue weighted by Gasteiger charge is 2.18. The summed E-state index contributed by atoms with van der Waals surface area (Å²) in [7, 11) is 3.75. The van der Waals surface area contributed by atoms with E-state index < -0.39 is 5.91 Å². The van der Waals surface area contributed by atoms with Crippen LogP contribution in [0.25, 0.3) is 0 Å². The van der Waals surface area contributed by atoms with E-state index in [0.29, 0.717) is 11.6 Å². The number of likely N-dealkylation sites (tertiary alicyclic amines) is 1. The normalized spacial score (nSPS) is 17.2. The minimum Gasteiger partial charge on any atom is -0.495 e. The molecule has 1 amide bonds. The third kappa shape index (κ3) is 3.38. The monoisotopic (exact) mass is 263 g/mol. The highest BCUT2D eigenvalue weighted by Crippen LogP contribution is 2.27. The van der Waals surface area contributed by atoms with Gasteiger partial charge in [-0.2, -0.15) is 0 Å². The van der Waals surface area contributed by atoms with Gasteiger partial charge >= 0.3 is 0 Å². The second kappa shape index (κ2) is 5.93. The summed E-state index contributed by atoms with van der Waals surface area (Å²) in [6, 6.07) is 5.63. The molecule has 5 nitrogen and oxygen atoms in total. The molecule has 0 aliphatic carbocycles. The zero-order chi connectivity index (χ0) is 13.8. The fraction of sp³-hybridized carbons (Fsp3) is 0.500. The summed E-state index contributed by atoms with van der Waals surface area (Å²) < 4.78 is 5.32. The van der Waals surface area contributed by atoms with E-state index in [4.69, 9.17) is 10.5 Å². The minimum atomic E-state index is -0.422. The predicted molar refractivity (Wildman–Crippen MR) is 75.7 cm³/mol. The Hall–Kier alpha value is -1.75. The summed E-state index contributed by atoms with van der Waals surface area (Å²) in [5, 5.41) is 3.46. The van der Waals surface area contributed by atoms with Gasteiger partial charge in [0, 0.05) is 11.6 Å². The van der Waals surface area contributed by atoms with E-state index in [2.05, 4.69) is 17.3 Å². The van der Waals surface area contributed by atoms with Crippen molar-refractivity contribution in [3.8, 4) is 5.75 Å². The average molecular weight is 263 g/mol. The van der Waals surface area contributed by atoms with Gasteiger partial charge in [0.15, 0.2) is 0 Å². The number of primary amides is 1. The first-order valence-electron chi connectivity index (χ1n) is 6.53. The van der Waals surface area contributed by atoms with Crippen molar-refractivity contribution in [1.29, 1.82) is 0 Å². The number of nitrogens with zero attached hydrogens (tertiary/aromatic N) is 1. The first kappa shape index (κ1) is 13.7. The molecule has 0 unspecified atom stereocenters. The van der Waals surface area contributed by atoms with Crippen LogP contribution in [-0.2, 0) is 0 Å². The third-order valence-electron chi connectivity index (χ3n) is 3.56. The number of carbonyl (C=O) groups is 1. The van der Waals surface area contributed by atoms with E-state index in [1.807, 2.05) is 0 Å². The topological polar surface area (TPSA) is 67.6 Å². The molecular formula is C14H21N3O2. The van der Waals surface area contributed by atoms with E-state index in [0.717, 1.165) is 37.4 Å². The summed E-state index contributed by atoms with van der Waals surface area (Å²) in [4.78, 5) is 13.5. The summed E-state index contributed by atoms with van der Waals surface area (Å²) in [6.45, 7) is 2.16. The number of ether oxygens (including phenoxy) is 1. The highest BCUT2D eigenvalue weighted by atomic mass is 16.5. The van der Waals surface area contributed by atoms with Crippen LogP contribution >= 0.6 is 0 Å². The summed E-state index contributed by atoms with van der Waals surface area (Å²) in [5.74, 6) is 0.318. The molecule has 1 aromatic rings.